The molecule has 1 N–H and O–H groups in total. The Morgan fingerprint density at radius 2 is 1.64 bits per heavy atom. The molecule has 0 saturated heterocycles. The summed E-state index contributed by atoms with van der Waals surface area (Å²) in [4.78, 5) is 24.1. The molecule has 39 heavy (non-hydrogen) atoms. The van der Waals surface area contributed by atoms with Crippen LogP contribution < -0.4 is 5.43 Å². The summed E-state index contributed by atoms with van der Waals surface area (Å²) in [5.74, 6) is 0.117. The minimum atomic E-state index is -0.410. The van der Waals surface area contributed by atoms with Gasteiger partial charge in [0.15, 0.2) is 11.0 Å². The normalized spacial score (nSPS) is 11.5. The van der Waals surface area contributed by atoms with Gasteiger partial charge in [-0.05, 0) is 47.7 Å². The van der Waals surface area contributed by atoms with Gasteiger partial charge in [0.25, 0.3) is 5.91 Å². The fraction of sp³-hybridized carbons (Fsp3) is 0.233. The van der Waals surface area contributed by atoms with Crippen molar-refractivity contribution in [3.05, 3.63) is 95.1 Å². The van der Waals surface area contributed by atoms with E-state index in [1.165, 1.54) is 30.6 Å². The lowest BCUT2D eigenvalue weighted by molar-refractivity contribution is -0.118. The number of carbonyl (C=O) groups excluding carboxylic acids is 2. The second-order valence-electron chi connectivity index (χ2n) is 10.00. The van der Waals surface area contributed by atoms with Crippen LogP contribution in [0.5, 0.6) is 0 Å². The van der Waals surface area contributed by atoms with Crippen molar-refractivity contribution in [2.75, 3.05) is 12.9 Å². The summed E-state index contributed by atoms with van der Waals surface area (Å²) in [6.45, 7) is 8.58. The van der Waals surface area contributed by atoms with E-state index in [4.69, 9.17) is 4.74 Å². The van der Waals surface area contributed by atoms with Crippen molar-refractivity contribution in [2.45, 2.75) is 38.3 Å². The quantitative estimate of drug-likeness (QED) is 0.136. The predicted molar refractivity (Wildman–Crippen MR) is 154 cm³/mol. The maximum Gasteiger partial charge on any atom is 0.337 e. The maximum atomic E-state index is 12.5. The van der Waals surface area contributed by atoms with E-state index in [1.807, 2.05) is 35.8 Å². The van der Waals surface area contributed by atoms with Crippen molar-refractivity contribution in [1.82, 2.24) is 20.2 Å². The molecule has 0 spiro atoms. The molecule has 200 valence electrons. The van der Waals surface area contributed by atoms with Crippen molar-refractivity contribution in [1.29, 1.82) is 0 Å². The standard InChI is InChI=1S/C30H31N5O3S/c1-20-6-16-25(17-7-20)35-27(22-12-14-24(15-13-22)30(2,3)4)33-34-29(35)39-19-26(36)32-31-18-21-8-10-23(11-9-21)28(37)38-5/h6-18H,19H2,1-5H3,(H,32,36)/b31-18-. The fourth-order valence-electron chi connectivity index (χ4n) is 3.76. The Kier molecular flexibility index (Phi) is 8.61. The van der Waals surface area contributed by atoms with Gasteiger partial charge >= 0.3 is 5.97 Å². The molecule has 4 rings (SSSR count). The van der Waals surface area contributed by atoms with Gasteiger partial charge in [-0.15, -0.1) is 10.2 Å². The summed E-state index contributed by atoms with van der Waals surface area (Å²) in [6.07, 6.45) is 1.51. The third kappa shape index (κ3) is 7.00. The van der Waals surface area contributed by atoms with Gasteiger partial charge in [0.1, 0.15) is 0 Å². The summed E-state index contributed by atoms with van der Waals surface area (Å²) < 4.78 is 6.66. The zero-order chi connectivity index (χ0) is 28.0. The van der Waals surface area contributed by atoms with Gasteiger partial charge in [0.05, 0.1) is 24.6 Å². The Bertz CT molecular complexity index is 1470. The third-order valence-electron chi connectivity index (χ3n) is 6.00. The monoisotopic (exact) mass is 541 g/mol. The number of benzene rings is 3. The minimum absolute atomic E-state index is 0.0481. The van der Waals surface area contributed by atoms with Crippen molar-refractivity contribution < 1.29 is 14.3 Å². The first-order chi connectivity index (χ1) is 18.7. The molecular formula is C30H31N5O3S. The Morgan fingerprint density at radius 1 is 0.974 bits per heavy atom. The highest BCUT2D eigenvalue weighted by Gasteiger charge is 2.19. The molecular weight excluding hydrogens is 510 g/mol. The molecule has 4 aromatic rings. The molecule has 1 heterocycles. The molecule has 0 saturated carbocycles. The number of hydrogen-bond acceptors (Lipinski definition) is 7. The molecule has 9 heteroatoms. The van der Waals surface area contributed by atoms with E-state index >= 15 is 0 Å². The van der Waals surface area contributed by atoms with E-state index in [9.17, 15) is 9.59 Å². The summed E-state index contributed by atoms with van der Waals surface area (Å²) in [6, 6.07) is 23.2. The van der Waals surface area contributed by atoms with Crippen LogP contribution in [0, 0.1) is 6.92 Å². The van der Waals surface area contributed by atoms with Crippen LogP contribution in [0.3, 0.4) is 0 Å². The van der Waals surface area contributed by atoms with Crippen LogP contribution in [0.4, 0.5) is 0 Å². The molecule has 0 fully saturated rings. The third-order valence-corrected chi connectivity index (χ3v) is 6.93. The Hall–Kier alpha value is -4.24. The first kappa shape index (κ1) is 27.8. The molecule has 0 bridgehead atoms. The molecule has 1 amide bonds. The summed E-state index contributed by atoms with van der Waals surface area (Å²) in [5.41, 5.74) is 8.00. The van der Waals surface area contributed by atoms with E-state index in [-0.39, 0.29) is 17.1 Å². The van der Waals surface area contributed by atoms with E-state index in [0.717, 1.165) is 22.4 Å². The molecule has 0 aliphatic heterocycles. The van der Waals surface area contributed by atoms with E-state index in [2.05, 4.69) is 65.8 Å². The number of aromatic nitrogens is 3. The number of hydrazone groups is 1. The number of thioether (sulfide) groups is 1. The molecule has 8 nitrogen and oxygen atoms in total. The topological polar surface area (TPSA) is 98.5 Å². The van der Waals surface area contributed by atoms with Gasteiger partial charge in [0, 0.05) is 11.3 Å². The molecule has 0 unspecified atom stereocenters. The zero-order valence-corrected chi connectivity index (χ0v) is 23.5. The highest BCUT2D eigenvalue weighted by molar-refractivity contribution is 7.99. The fourth-order valence-corrected chi connectivity index (χ4v) is 4.50. The minimum Gasteiger partial charge on any atom is -0.465 e. The predicted octanol–water partition coefficient (Wildman–Crippen LogP) is 5.57. The van der Waals surface area contributed by atoms with E-state index < -0.39 is 5.97 Å². The van der Waals surface area contributed by atoms with E-state index in [1.54, 1.807) is 24.3 Å². The maximum absolute atomic E-state index is 12.5. The summed E-state index contributed by atoms with van der Waals surface area (Å²) in [5, 5.41) is 13.5. The number of aryl methyl sites for hydroxylation is 1. The van der Waals surface area contributed by atoms with Crippen LogP contribution >= 0.6 is 11.8 Å². The van der Waals surface area contributed by atoms with Crippen LogP contribution in [0.2, 0.25) is 0 Å². The van der Waals surface area contributed by atoms with Gasteiger partial charge in [-0.3, -0.25) is 9.36 Å². The number of nitrogens with one attached hydrogen (secondary N) is 1. The highest BCUT2D eigenvalue weighted by atomic mass is 32.2. The Labute approximate surface area is 232 Å². The number of esters is 1. The first-order valence-corrected chi connectivity index (χ1v) is 13.4. The highest BCUT2D eigenvalue weighted by Crippen LogP contribution is 2.30. The SMILES string of the molecule is COC(=O)c1ccc(/C=N\NC(=O)CSc2nnc(-c3ccc(C(C)(C)C)cc3)n2-c2ccc(C)cc2)cc1. The number of amides is 1. The van der Waals surface area contributed by atoms with Crippen LogP contribution in [-0.4, -0.2) is 45.7 Å². The lowest BCUT2D eigenvalue weighted by Crippen LogP contribution is -2.20. The van der Waals surface area contributed by atoms with Gasteiger partial charge in [-0.25, -0.2) is 10.2 Å². The lowest BCUT2D eigenvalue weighted by Gasteiger charge is -2.19. The van der Waals surface area contributed by atoms with Gasteiger partial charge in [0.2, 0.25) is 0 Å². The molecule has 0 aliphatic rings. The molecule has 0 radical (unpaired) electrons. The van der Waals surface area contributed by atoms with Crippen molar-refractivity contribution in [3.8, 4) is 17.1 Å². The average molecular weight is 542 g/mol. The Balaban J connectivity index is 1.48. The van der Waals surface area contributed by atoms with E-state index in [0.29, 0.717) is 16.5 Å². The molecule has 1 aromatic heterocycles. The Morgan fingerprint density at radius 3 is 2.26 bits per heavy atom. The van der Waals surface area contributed by atoms with Gasteiger partial charge in [-0.1, -0.05) is 86.6 Å². The number of carbonyl (C=O) groups is 2. The first-order valence-electron chi connectivity index (χ1n) is 12.4. The number of nitrogens with zero attached hydrogens (tertiary/aromatic N) is 4. The van der Waals surface area contributed by atoms with Crippen molar-refractivity contribution in [2.24, 2.45) is 5.10 Å². The second-order valence-corrected chi connectivity index (χ2v) is 10.9. The molecule has 0 atom stereocenters. The van der Waals surface area contributed by atoms with Crippen molar-refractivity contribution in [3.63, 3.8) is 0 Å². The number of rotatable bonds is 8. The zero-order valence-electron chi connectivity index (χ0n) is 22.6. The largest absolute Gasteiger partial charge is 0.465 e. The second kappa shape index (κ2) is 12.1. The lowest BCUT2D eigenvalue weighted by atomic mass is 9.87. The summed E-state index contributed by atoms with van der Waals surface area (Å²) >= 11 is 1.28. The number of hydrogen-bond donors (Lipinski definition) is 1. The smallest absolute Gasteiger partial charge is 0.337 e. The molecule has 3 aromatic carbocycles. The summed E-state index contributed by atoms with van der Waals surface area (Å²) in [7, 11) is 1.33. The van der Waals surface area contributed by atoms with Gasteiger partial charge in [-0.2, -0.15) is 5.10 Å². The number of ether oxygens (including phenoxy) is 1. The van der Waals surface area contributed by atoms with Crippen LogP contribution in [0.15, 0.2) is 83.1 Å². The number of methoxy groups -OCH3 is 1. The van der Waals surface area contributed by atoms with Crippen LogP contribution in [0.1, 0.15) is 47.8 Å². The average Bonchev–Trinajstić information content (AvgIpc) is 3.36. The van der Waals surface area contributed by atoms with Crippen molar-refractivity contribution >= 4 is 29.9 Å². The van der Waals surface area contributed by atoms with Gasteiger partial charge < -0.3 is 4.74 Å². The van der Waals surface area contributed by atoms with Crippen LogP contribution in [0.25, 0.3) is 17.1 Å². The molecule has 0 aliphatic carbocycles. The van der Waals surface area contributed by atoms with Crippen LogP contribution in [-0.2, 0) is 14.9 Å².